The third-order valence-corrected chi connectivity index (χ3v) is 4.74. The Bertz CT molecular complexity index is 818. The number of nitrogens with zero attached hydrogens (tertiary/aromatic N) is 1. The van der Waals surface area contributed by atoms with Gasteiger partial charge in [0.15, 0.2) is 5.43 Å². The first-order valence-electron chi connectivity index (χ1n) is 9.49. The summed E-state index contributed by atoms with van der Waals surface area (Å²) < 4.78 is 11.6. The molecule has 142 valence electrons. The Hall–Kier alpha value is -1.85. The normalized spacial score (nSPS) is 21.5. The number of fused-ring (bicyclic) bond motifs is 1. The van der Waals surface area contributed by atoms with Crippen LogP contribution in [0.5, 0.6) is 5.75 Å². The Kier molecular flexibility index (Phi) is 5.68. The second-order valence-corrected chi connectivity index (χ2v) is 7.92. The minimum atomic E-state index is 0.0954. The average Bonchev–Trinajstić information content (AvgIpc) is 2.56. The van der Waals surface area contributed by atoms with Gasteiger partial charge in [0, 0.05) is 41.8 Å². The molecule has 5 nitrogen and oxygen atoms in total. The summed E-state index contributed by atoms with van der Waals surface area (Å²) in [5.41, 5.74) is 2.72. The number of aryl methyl sites for hydroxylation is 1. The van der Waals surface area contributed by atoms with E-state index in [0.29, 0.717) is 24.5 Å². The molecule has 1 aromatic heterocycles. The lowest BCUT2D eigenvalue weighted by Crippen LogP contribution is -2.45. The lowest BCUT2D eigenvalue weighted by Gasteiger charge is -2.35. The lowest BCUT2D eigenvalue weighted by molar-refractivity contribution is -0.0706. The van der Waals surface area contributed by atoms with Crippen LogP contribution >= 0.6 is 0 Å². The van der Waals surface area contributed by atoms with Crippen LogP contribution in [0.2, 0.25) is 0 Å². The Morgan fingerprint density at radius 1 is 1.27 bits per heavy atom. The molecule has 2 aromatic rings. The quantitative estimate of drug-likeness (QED) is 0.889. The number of nitrogens with one attached hydrogen (secondary N) is 1. The van der Waals surface area contributed by atoms with Gasteiger partial charge in [0.25, 0.3) is 0 Å². The van der Waals surface area contributed by atoms with E-state index in [1.54, 1.807) is 0 Å². The van der Waals surface area contributed by atoms with Gasteiger partial charge >= 0.3 is 0 Å². The van der Waals surface area contributed by atoms with Gasteiger partial charge in [-0.15, -0.1) is 0 Å². The molecule has 0 spiro atoms. The fourth-order valence-electron chi connectivity index (χ4n) is 3.61. The second kappa shape index (κ2) is 7.80. The van der Waals surface area contributed by atoms with Gasteiger partial charge in [-0.25, -0.2) is 0 Å². The SMILES string of the molecule is Cc1[nH]c2ccc(OCC(C)C)cc2c(=O)c1CN1CC(C)OC(C)C1. The number of aromatic amines is 1. The third kappa shape index (κ3) is 4.27. The maximum atomic E-state index is 13.1. The summed E-state index contributed by atoms with van der Waals surface area (Å²) in [4.78, 5) is 18.8. The number of morpholine rings is 1. The molecule has 0 saturated carbocycles. The van der Waals surface area contributed by atoms with E-state index in [-0.39, 0.29) is 17.6 Å². The zero-order valence-electron chi connectivity index (χ0n) is 16.5. The van der Waals surface area contributed by atoms with Crippen molar-refractivity contribution in [2.45, 2.75) is 53.4 Å². The number of pyridine rings is 1. The smallest absolute Gasteiger partial charge is 0.194 e. The van der Waals surface area contributed by atoms with Crippen molar-refractivity contribution in [1.29, 1.82) is 0 Å². The molecule has 3 rings (SSSR count). The molecule has 1 aliphatic rings. The van der Waals surface area contributed by atoms with Crippen molar-refractivity contribution >= 4 is 10.9 Å². The van der Waals surface area contributed by atoms with Crippen molar-refractivity contribution in [3.05, 3.63) is 39.7 Å². The Morgan fingerprint density at radius 3 is 2.62 bits per heavy atom. The predicted molar refractivity (Wildman–Crippen MR) is 105 cm³/mol. The molecule has 2 atom stereocenters. The van der Waals surface area contributed by atoms with E-state index < -0.39 is 0 Å². The van der Waals surface area contributed by atoms with Crippen molar-refractivity contribution in [3.8, 4) is 5.75 Å². The number of benzene rings is 1. The molecule has 5 heteroatoms. The van der Waals surface area contributed by atoms with Gasteiger partial charge in [0.1, 0.15) is 5.75 Å². The topological polar surface area (TPSA) is 54.6 Å². The van der Waals surface area contributed by atoms with Crippen LogP contribution in [0.4, 0.5) is 0 Å². The molecule has 1 fully saturated rings. The van der Waals surface area contributed by atoms with Gasteiger partial charge in [0.05, 0.1) is 18.8 Å². The first-order valence-corrected chi connectivity index (χ1v) is 9.49. The molecule has 1 saturated heterocycles. The summed E-state index contributed by atoms with van der Waals surface area (Å²) in [6, 6.07) is 5.72. The summed E-state index contributed by atoms with van der Waals surface area (Å²) in [5.74, 6) is 1.20. The van der Waals surface area contributed by atoms with Crippen LogP contribution in [-0.2, 0) is 11.3 Å². The third-order valence-electron chi connectivity index (χ3n) is 4.74. The molecule has 1 N–H and O–H groups in total. The number of hydrogen-bond acceptors (Lipinski definition) is 4. The van der Waals surface area contributed by atoms with Gasteiger partial charge in [-0.1, -0.05) is 13.8 Å². The Morgan fingerprint density at radius 2 is 1.96 bits per heavy atom. The van der Waals surface area contributed by atoms with E-state index in [1.807, 2.05) is 25.1 Å². The van der Waals surface area contributed by atoms with Crippen LogP contribution < -0.4 is 10.2 Å². The minimum Gasteiger partial charge on any atom is -0.493 e. The fraction of sp³-hybridized carbons (Fsp3) is 0.571. The van der Waals surface area contributed by atoms with Crippen molar-refractivity contribution in [1.82, 2.24) is 9.88 Å². The summed E-state index contributed by atoms with van der Waals surface area (Å²) in [6.07, 6.45) is 0.379. The number of rotatable bonds is 5. The highest BCUT2D eigenvalue weighted by Crippen LogP contribution is 2.21. The molecule has 2 unspecified atom stereocenters. The van der Waals surface area contributed by atoms with Gasteiger partial charge in [-0.3, -0.25) is 9.69 Å². The molecule has 26 heavy (non-hydrogen) atoms. The number of aromatic nitrogens is 1. The van der Waals surface area contributed by atoms with Crippen LogP contribution in [0.1, 0.15) is 39.0 Å². The molecule has 0 radical (unpaired) electrons. The summed E-state index contributed by atoms with van der Waals surface area (Å²) in [6.45, 7) is 13.3. The van der Waals surface area contributed by atoms with E-state index >= 15 is 0 Å². The predicted octanol–water partition coefficient (Wildman–Crippen LogP) is 3.48. The molecule has 1 aliphatic heterocycles. The number of hydrogen-bond donors (Lipinski definition) is 1. The highest BCUT2D eigenvalue weighted by atomic mass is 16.5. The van der Waals surface area contributed by atoms with Crippen LogP contribution in [0.25, 0.3) is 10.9 Å². The van der Waals surface area contributed by atoms with E-state index in [9.17, 15) is 4.79 Å². The molecule has 0 bridgehead atoms. The number of H-pyrrole nitrogens is 1. The van der Waals surface area contributed by atoms with E-state index in [1.165, 1.54) is 0 Å². The summed E-state index contributed by atoms with van der Waals surface area (Å²) in [7, 11) is 0. The standard InChI is InChI=1S/C21H30N2O3/c1-13(2)12-25-17-6-7-20-18(8-17)21(24)19(16(5)22-20)11-23-9-14(3)26-15(4)10-23/h6-8,13-15H,9-12H2,1-5H3,(H,22,24). The summed E-state index contributed by atoms with van der Waals surface area (Å²) in [5, 5.41) is 0.696. The van der Waals surface area contributed by atoms with Crippen LogP contribution in [-0.4, -0.2) is 41.8 Å². The van der Waals surface area contributed by atoms with Crippen molar-refractivity contribution in [3.63, 3.8) is 0 Å². The second-order valence-electron chi connectivity index (χ2n) is 7.92. The highest BCUT2D eigenvalue weighted by molar-refractivity contribution is 5.81. The maximum absolute atomic E-state index is 13.1. The molecule has 2 heterocycles. The van der Waals surface area contributed by atoms with E-state index in [4.69, 9.17) is 9.47 Å². The lowest BCUT2D eigenvalue weighted by atomic mass is 10.1. The van der Waals surface area contributed by atoms with Gasteiger partial charge < -0.3 is 14.5 Å². The first-order chi connectivity index (χ1) is 12.3. The molecular weight excluding hydrogens is 328 g/mol. The molecule has 0 amide bonds. The van der Waals surface area contributed by atoms with Crippen LogP contribution in [0, 0.1) is 12.8 Å². The van der Waals surface area contributed by atoms with E-state index in [0.717, 1.165) is 35.6 Å². The van der Waals surface area contributed by atoms with Gasteiger partial charge in [0.2, 0.25) is 0 Å². The maximum Gasteiger partial charge on any atom is 0.194 e. The summed E-state index contributed by atoms with van der Waals surface area (Å²) >= 11 is 0. The zero-order valence-corrected chi connectivity index (χ0v) is 16.5. The van der Waals surface area contributed by atoms with Crippen molar-refractivity contribution in [2.24, 2.45) is 5.92 Å². The first kappa shape index (κ1) is 18.9. The Labute approximate surface area is 155 Å². The number of ether oxygens (including phenoxy) is 2. The van der Waals surface area contributed by atoms with Gasteiger partial charge in [-0.05, 0) is 44.9 Å². The monoisotopic (exact) mass is 358 g/mol. The van der Waals surface area contributed by atoms with Crippen molar-refractivity contribution in [2.75, 3.05) is 19.7 Å². The van der Waals surface area contributed by atoms with Gasteiger partial charge in [-0.2, -0.15) is 0 Å². The highest BCUT2D eigenvalue weighted by Gasteiger charge is 2.23. The Balaban J connectivity index is 1.91. The van der Waals surface area contributed by atoms with Crippen LogP contribution in [0.3, 0.4) is 0 Å². The molecule has 0 aliphatic carbocycles. The fourth-order valence-corrected chi connectivity index (χ4v) is 3.61. The minimum absolute atomic E-state index is 0.0954. The molecular formula is C21H30N2O3. The zero-order chi connectivity index (χ0) is 18.8. The van der Waals surface area contributed by atoms with Crippen molar-refractivity contribution < 1.29 is 9.47 Å². The van der Waals surface area contributed by atoms with Crippen LogP contribution in [0.15, 0.2) is 23.0 Å². The molecule has 1 aromatic carbocycles. The van der Waals surface area contributed by atoms with E-state index in [2.05, 4.69) is 37.6 Å². The average molecular weight is 358 g/mol. The largest absolute Gasteiger partial charge is 0.493 e.